The van der Waals surface area contributed by atoms with E-state index < -0.39 is 0 Å². The minimum Gasteiger partial charge on any atom is -0.456 e. The molecule has 0 saturated heterocycles. The highest BCUT2D eigenvalue weighted by atomic mass is 16.3. The molecule has 276 valence electrons. The topological polar surface area (TPSA) is 51.8 Å². The maximum absolute atomic E-state index is 6.15. The number of para-hydroxylation sites is 1. The summed E-state index contributed by atoms with van der Waals surface area (Å²) in [7, 11) is 0. The van der Waals surface area contributed by atoms with E-state index in [1.54, 1.807) is 0 Å². The summed E-state index contributed by atoms with van der Waals surface area (Å²) >= 11 is 0. The molecule has 11 rings (SSSR count). The summed E-state index contributed by atoms with van der Waals surface area (Å²) in [5, 5.41) is 4.62. The Balaban J connectivity index is 1.03. The Morgan fingerprint density at radius 2 is 0.797 bits per heavy atom. The Bertz CT molecular complexity index is 3320. The fourth-order valence-corrected chi connectivity index (χ4v) is 8.19. The van der Waals surface area contributed by atoms with Crippen molar-refractivity contribution >= 4 is 32.7 Å². The van der Waals surface area contributed by atoms with Gasteiger partial charge in [0.05, 0.1) is 0 Å². The third-order valence-electron chi connectivity index (χ3n) is 11.1. The molecule has 0 unspecified atom stereocenters. The van der Waals surface area contributed by atoms with Crippen LogP contribution in [0.25, 0.3) is 111 Å². The molecule has 0 fully saturated rings. The Kier molecular flexibility index (Phi) is 8.45. The van der Waals surface area contributed by atoms with Crippen LogP contribution in [0.2, 0.25) is 0 Å². The number of hydrogen-bond donors (Lipinski definition) is 0. The summed E-state index contributed by atoms with van der Waals surface area (Å²) in [5.41, 5.74) is 13.6. The summed E-state index contributed by atoms with van der Waals surface area (Å²) in [6, 6.07) is 74.1. The van der Waals surface area contributed by atoms with E-state index in [-0.39, 0.29) is 0 Å². The molecule has 0 atom stereocenters. The Morgan fingerprint density at radius 3 is 1.61 bits per heavy atom. The smallest absolute Gasteiger partial charge is 0.164 e. The minimum atomic E-state index is 0.615. The van der Waals surface area contributed by atoms with Crippen LogP contribution in [0.3, 0.4) is 0 Å². The van der Waals surface area contributed by atoms with Gasteiger partial charge in [-0.3, -0.25) is 0 Å². The largest absolute Gasteiger partial charge is 0.456 e. The highest BCUT2D eigenvalue weighted by Crippen LogP contribution is 2.39. The first-order chi connectivity index (χ1) is 29.2. The summed E-state index contributed by atoms with van der Waals surface area (Å²) in [5.74, 6) is 1.86. The van der Waals surface area contributed by atoms with E-state index in [4.69, 9.17) is 19.4 Å². The summed E-state index contributed by atoms with van der Waals surface area (Å²) < 4.78 is 6.15. The van der Waals surface area contributed by atoms with E-state index in [0.29, 0.717) is 17.5 Å². The van der Waals surface area contributed by atoms with Crippen molar-refractivity contribution in [2.45, 2.75) is 0 Å². The number of nitrogens with zero attached hydrogens (tertiary/aromatic N) is 3. The lowest BCUT2D eigenvalue weighted by atomic mass is 9.92. The normalized spacial score (nSPS) is 11.4. The van der Waals surface area contributed by atoms with Crippen LogP contribution < -0.4 is 0 Å². The van der Waals surface area contributed by atoms with Gasteiger partial charge < -0.3 is 4.42 Å². The van der Waals surface area contributed by atoms with Crippen molar-refractivity contribution in [3.8, 4) is 78.7 Å². The van der Waals surface area contributed by atoms with E-state index in [2.05, 4.69) is 182 Å². The molecule has 2 aromatic heterocycles. The molecule has 0 N–H and O–H groups in total. The van der Waals surface area contributed by atoms with Gasteiger partial charge in [-0.15, -0.1) is 0 Å². The van der Waals surface area contributed by atoms with E-state index in [1.807, 2.05) is 30.3 Å². The first-order valence-electron chi connectivity index (χ1n) is 19.8. The molecule has 0 spiro atoms. The molecule has 0 aliphatic heterocycles. The predicted octanol–water partition coefficient (Wildman–Crippen LogP) is 14.6. The molecule has 0 bridgehead atoms. The second-order valence-corrected chi connectivity index (χ2v) is 14.8. The van der Waals surface area contributed by atoms with Crippen molar-refractivity contribution in [2.75, 3.05) is 0 Å². The van der Waals surface area contributed by atoms with Crippen molar-refractivity contribution < 1.29 is 4.42 Å². The number of fused-ring (bicyclic) bond motifs is 4. The standard InChI is InChI=1S/C55H35N3O/c1-3-14-36(15-4-1)40-19-13-20-43(32-40)54-56-53(57-55(58-54)48-24-10-9-21-45(48)37-16-5-2-6-17-37)39-28-26-38(27-29-39)49-35-44(33-42-18-7-8-22-46(42)49)41-30-31-52-50(34-41)47-23-11-12-25-51(47)59-52/h1-35H. The highest BCUT2D eigenvalue weighted by molar-refractivity contribution is 6.07. The van der Waals surface area contributed by atoms with Gasteiger partial charge in [0.1, 0.15) is 11.2 Å². The predicted molar refractivity (Wildman–Crippen MR) is 243 cm³/mol. The fraction of sp³-hybridized carbons (Fsp3) is 0. The molecule has 4 heteroatoms. The van der Waals surface area contributed by atoms with Crippen molar-refractivity contribution in [2.24, 2.45) is 0 Å². The maximum atomic E-state index is 6.15. The molecule has 11 aromatic rings. The van der Waals surface area contributed by atoms with Crippen molar-refractivity contribution in [3.05, 3.63) is 212 Å². The number of hydrogen-bond acceptors (Lipinski definition) is 4. The third kappa shape index (κ3) is 6.43. The Morgan fingerprint density at radius 1 is 0.254 bits per heavy atom. The maximum Gasteiger partial charge on any atom is 0.164 e. The molecule has 0 aliphatic rings. The van der Waals surface area contributed by atoms with E-state index in [9.17, 15) is 0 Å². The van der Waals surface area contributed by atoms with Crippen LogP contribution in [-0.4, -0.2) is 15.0 Å². The number of benzene rings is 9. The van der Waals surface area contributed by atoms with Gasteiger partial charge >= 0.3 is 0 Å². The van der Waals surface area contributed by atoms with Gasteiger partial charge in [-0.05, 0) is 91.7 Å². The van der Waals surface area contributed by atoms with Crippen LogP contribution in [0.4, 0.5) is 0 Å². The lowest BCUT2D eigenvalue weighted by Crippen LogP contribution is -2.01. The van der Waals surface area contributed by atoms with E-state index in [0.717, 1.165) is 83.1 Å². The molecule has 0 amide bonds. The van der Waals surface area contributed by atoms with Crippen LogP contribution in [0.1, 0.15) is 0 Å². The Labute approximate surface area is 341 Å². The second kappa shape index (κ2) is 14.5. The van der Waals surface area contributed by atoms with Crippen molar-refractivity contribution in [1.29, 1.82) is 0 Å². The molecular formula is C55H35N3O. The average Bonchev–Trinajstić information content (AvgIpc) is 3.70. The zero-order valence-electron chi connectivity index (χ0n) is 32.0. The van der Waals surface area contributed by atoms with E-state index >= 15 is 0 Å². The number of furan rings is 1. The summed E-state index contributed by atoms with van der Waals surface area (Å²) in [6.07, 6.45) is 0. The molecule has 0 saturated carbocycles. The van der Waals surface area contributed by atoms with Gasteiger partial charge in [0.15, 0.2) is 17.5 Å². The van der Waals surface area contributed by atoms with Gasteiger partial charge in [-0.1, -0.05) is 176 Å². The highest BCUT2D eigenvalue weighted by Gasteiger charge is 2.17. The zero-order valence-corrected chi connectivity index (χ0v) is 32.0. The molecular weight excluding hydrogens is 719 g/mol. The fourth-order valence-electron chi connectivity index (χ4n) is 8.19. The monoisotopic (exact) mass is 753 g/mol. The molecule has 2 heterocycles. The van der Waals surface area contributed by atoms with Crippen molar-refractivity contribution in [1.82, 2.24) is 15.0 Å². The minimum absolute atomic E-state index is 0.615. The molecule has 0 aliphatic carbocycles. The number of rotatable bonds is 7. The van der Waals surface area contributed by atoms with Gasteiger partial charge in [0.25, 0.3) is 0 Å². The van der Waals surface area contributed by atoms with Crippen LogP contribution >= 0.6 is 0 Å². The quantitative estimate of drug-likeness (QED) is 0.163. The zero-order chi connectivity index (χ0) is 39.1. The molecule has 4 nitrogen and oxygen atoms in total. The lowest BCUT2D eigenvalue weighted by Gasteiger charge is -2.14. The molecule has 59 heavy (non-hydrogen) atoms. The third-order valence-corrected chi connectivity index (χ3v) is 11.1. The van der Waals surface area contributed by atoms with Crippen LogP contribution in [0.15, 0.2) is 217 Å². The Hall–Kier alpha value is -7.95. The average molecular weight is 754 g/mol. The number of aromatic nitrogens is 3. The van der Waals surface area contributed by atoms with Crippen LogP contribution in [0, 0.1) is 0 Å². The van der Waals surface area contributed by atoms with E-state index in [1.165, 1.54) is 10.8 Å². The van der Waals surface area contributed by atoms with Gasteiger partial charge in [-0.2, -0.15) is 0 Å². The first kappa shape index (κ1) is 34.3. The lowest BCUT2D eigenvalue weighted by molar-refractivity contribution is 0.669. The molecule has 0 radical (unpaired) electrons. The van der Waals surface area contributed by atoms with Crippen LogP contribution in [0.5, 0.6) is 0 Å². The first-order valence-corrected chi connectivity index (χ1v) is 19.8. The second-order valence-electron chi connectivity index (χ2n) is 14.8. The summed E-state index contributed by atoms with van der Waals surface area (Å²) in [4.78, 5) is 15.5. The van der Waals surface area contributed by atoms with Gasteiger partial charge in [-0.25, -0.2) is 15.0 Å². The SMILES string of the molecule is c1ccc(-c2cccc(-c3nc(-c4ccc(-c5cc(-c6ccc7oc8ccccc8c7c6)cc6ccccc56)cc4)nc(-c4ccccc4-c4ccccc4)n3)c2)cc1. The van der Waals surface area contributed by atoms with Crippen LogP contribution in [-0.2, 0) is 0 Å². The van der Waals surface area contributed by atoms with Gasteiger partial charge in [0, 0.05) is 27.5 Å². The van der Waals surface area contributed by atoms with Gasteiger partial charge in [0.2, 0.25) is 0 Å². The summed E-state index contributed by atoms with van der Waals surface area (Å²) in [6.45, 7) is 0. The van der Waals surface area contributed by atoms with Crippen molar-refractivity contribution in [3.63, 3.8) is 0 Å². The molecule has 9 aromatic carbocycles.